The van der Waals surface area contributed by atoms with E-state index in [1.165, 1.54) is 0 Å². The molecule has 0 spiro atoms. The van der Waals surface area contributed by atoms with E-state index in [1.54, 1.807) is 15.8 Å². The zero-order chi connectivity index (χ0) is 18.4. The number of rotatable bonds is 5. The molecule has 0 radical (unpaired) electrons. The lowest BCUT2D eigenvalue weighted by Gasteiger charge is -2.26. The number of aryl methyl sites for hydroxylation is 1. The van der Waals surface area contributed by atoms with Gasteiger partial charge in [-0.15, -0.1) is 6.58 Å². The SMILES string of the molecule is C=CCCCCn1cnc2c(c1=O)CCN(C(=O)OC(C)(C)C)CC2. The van der Waals surface area contributed by atoms with Crippen LogP contribution >= 0.6 is 0 Å². The van der Waals surface area contributed by atoms with Gasteiger partial charge in [0.15, 0.2) is 0 Å². The highest BCUT2D eigenvalue weighted by Gasteiger charge is 2.25. The van der Waals surface area contributed by atoms with Gasteiger partial charge in [-0.05, 0) is 46.5 Å². The number of ether oxygens (including phenoxy) is 1. The Morgan fingerprint density at radius 3 is 2.72 bits per heavy atom. The maximum atomic E-state index is 12.7. The fourth-order valence-electron chi connectivity index (χ4n) is 2.87. The highest BCUT2D eigenvalue weighted by Crippen LogP contribution is 2.14. The van der Waals surface area contributed by atoms with Crippen molar-refractivity contribution in [3.05, 3.63) is 40.6 Å². The predicted molar refractivity (Wildman–Crippen MR) is 97.8 cm³/mol. The summed E-state index contributed by atoms with van der Waals surface area (Å²) in [7, 11) is 0. The van der Waals surface area contributed by atoms with Gasteiger partial charge in [-0.1, -0.05) is 6.08 Å². The molecule has 0 aliphatic carbocycles. The number of hydrogen-bond donors (Lipinski definition) is 0. The Bertz CT molecular complexity index is 673. The van der Waals surface area contributed by atoms with E-state index in [1.807, 2.05) is 26.8 Å². The fraction of sp³-hybridized carbons (Fsp3) is 0.632. The van der Waals surface area contributed by atoms with Crippen LogP contribution in [0.1, 0.15) is 51.3 Å². The maximum absolute atomic E-state index is 12.7. The smallest absolute Gasteiger partial charge is 0.410 e. The summed E-state index contributed by atoms with van der Waals surface area (Å²) in [6.45, 7) is 10.9. The first kappa shape index (κ1) is 19.2. The van der Waals surface area contributed by atoms with Crippen molar-refractivity contribution in [1.82, 2.24) is 14.5 Å². The van der Waals surface area contributed by atoms with Crippen molar-refractivity contribution < 1.29 is 9.53 Å². The molecule has 0 N–H and O–H groups in total. The maximum Gasteiger partial charge on any atom is 0.410 e. The second kappa shape index (κ2) is 8.32. The topological polar surface area (TPSA) is 64.4 Å². The Labute approximate surface area is 149 Å². The van der Waals surface area contributed by atoms with E-state index in [2.05, 4.69) is 11.6 Å². The highest BCUT2D eigenvalue weighted by molar-refractivity contribution is 5.68. The van der Waals surface area contributed by atoms with Crippen molar-refractivity contribution in [2.75, 3.05) is 13.1 Å². The van der Waals surface area contributed by atoms with Gasteiger partial charge in [0.25, 0.3) is 5.56 Å². The number of hydrogen-bond acceptors (Lipinski definition) is 4. The minimum absolute atomic E-state index is 0.0228. The molecule has 0 unspecified atom stereocenters. The van der Waals surface area contributed by atoms with Gasteiger partial charge in [0.1, 0.15) is 5.60 Å². The van der Waals surface area contributed by atoms with Gasteiger partial charge in [-0.2, -0.15) is 0 Å². The molecular formula is C19H29N3O3. The number of allylic oxidation sites excluding steroid dienone is 1. The minimum Gasteiger partial charge on any atom is -0.444 e. The number of unbranched alkanes of at least 4 members (excludes halogenated alkanes) is 2. The summed E-state index contributed by atoms with van der Waals surface area (Å²) in [5, 5.41) is 0. The molecule has 2 rings (SSSR count). The van der Waals surface area contributed by atoms with Crippen LogP contribution in [-0.4, -0.2) is 39.2 Å². The molecule has 0 saturated heterocycles. The Hall–Kier alpha value is -2.11. The fourth-order valence-corrected chi connectivity index (χ4v) is 2.87. The van der Waals surface area contributed by atoms with E-state index in [4.69, 9.17) is 4.74 Å². The third-order valence-corrected chi connectivity index (χ3v) is 4.18. The standard InChI is InChI=1S/C19H29N3O3/c1-5-6-7-8-11-22-14-20-16-10-13-21(12-9-15(16)17(22)23)18(24)25-19(2,3)4/h5,14H,1,6-13H2,2-4H3. The zero-order valence-corrected chi connectivity index (χ0v) is 15.6. The average molecular weight is 347 g/mol. The zero-order valence-electron chi connectivity index (χ0n) is 15.6. The van der Waals surface area contributed by atoms with Gasteiger partial charge in [0.2, 0.25) is 0 Å². The van der Waals surface area contributed by atoms with Gasteiger partial charge < -0.3 is 9.64 Å². The molecule has 1 aliphatic rings. The van der Waals surface area contributed by atoms with E-state index in [9.17, 15) is 9.59 Å². The Morgan fingerprint density at radius 1 is 1.32 bits per heavy atom. The third-order valence-electron chi connectivity index (χ3n) is 4.18. The van der Waals surface area contributed by atoms with Gasteiger partial charge in [0.05, 0.1) is 12.0 Å². The molecule has 0 atom stereocenters. The van der Waals surface area contributed by atoms with E-state index in [-0.39, 0.29) is 11.7 Å². The van der Waals surface area contributed by atoms with Gasteiger partial charge in [-0.25, -0.2) is 9.78 Å². The van der Waals surface area contributed by atoms with Crippen LogP contribution in [0.4, 0.5) is 4.79 Å². The van der Waals surface area contributed by atoms with Crippen molar-refractivity contribution in [2.24, 2.45) is 0 Å². The number of amides is 1. The van der Waals surface area contributed by atoms with Crippen LogP contribution in [0, 0.1) is 0 Å². The number of fused-ring (bicyclic) bond motifs is 1. The first-order valence-electron chi connectivity index (χ1n) is 8.98. The number of aromatic nitrogens is 2. The summed E-state index contributed by atoms with van der Waals surface area (Å²) in [5.41, 5.74) is 1.04. The van der Waals surface area contributed by atoms with Crippen LogP contribution in [0.3, 0.4) is 0 Å². The first-order chi connectivity index (χ1) is 11.8. The van der Waals surface area contributed by atoms with E-state index in [0.29, 0.717) is 32.5 Å². The molecule has 2 heterocycles. The van der Waals surface area contributed by atoms with Crippen molar-refractivity contribution in [3.8, 4) is 0 Å². The van der Waals surface area contributed by atoms with E-state index in [0.717, 1.165) is 30.5 Å². The van der Waals surface area contributed by atoms with Crippen molar-refractivity contribution in [3.63, 3.8) is 0 Å². The van der Waals surface area contributed by atoms with Gasteiger partial charge in [0, 0.05) is 31.6 Å². The van der Waals surface area contributed by atoms with Crippen LogP contribution in [0.15, 0.2) is 23.8 Å². The Morgan fingerprint density at radius 2 is 2.04 bits per heavy atom. The molecule has 6 nitrogen and oxygen atoms in total. The molecule has 138 valence electrons. The summed E-state index contributed by atoms with van der Waals surface area (Å²) in [6, 6.07) is 0. The van der Waals surface area contributed by atoms with Crippen molar-refractivity contribution in [1.29, 1.82) is 0 Å². The Kier molecular flexibility index (Phi) is 6.39. The number of carbonyl (C=O) groups is 1. The molecule has 25 heavy (non-hydrogen) atoms. The summed E-state index contributed by atoms with van der Waals surface area (Å²) in [6.07, 6.45) is 7.20. The summed E-state index contributed by atoms with van der Waals surface area (Å²) < 4.78 is 7.12. The number of carbonyl (C=O) groups excluding carboxylic acids is 1. The third kappa shape index (κ3) is 5.44. The minimum atomic E-state index is -0.521. The summed E-state index contributed by atoms with van der Waals surface area (Å²) in [5.74, 6) is 0. The molecule has 0 aromatic carbocycles. The molecule has 0 fully saturated rings. The quantitative estimate of drug-likeness (QED) is 0.607. The van der Waals surface area contributed by atoms with E-state index >= 15 is 0 Å². The largest absolute Gasteiger partial charge is 0.444 e. The number of nitrogens with zero attached hydrogens (tertiary/aromatic N) is 3. The Balaban J connectivity index is 2.06. The molecule has 1 aromatic rings. The molecule has 1 aliphatic heterocycles. The van der Waals surface area contributed by atoms with Crippen LogP contribution in [0.25, 0.3) is 0 Å². The van der Waals surface area contributed by atoms with Gasteiger partial charge >= 0.3 is 6.09 Å². The van der Waals surface area contributed by atoms with Crippen LogP contribution < -0.4 is 5.56 Å². The summed E-state index contributed by atoms with van der Waals surface area (Å²) in [4.78, 5) is 31.1. The summed E-state index contributed by atoms with van der Waals surface area (Å²) >= 11 is 0. The van der Waals surface area contributed by atoms with Crippen LogP contribution in [-0.2, 0) is 24.1 Å². The lowest BCUT2D eigenvalue weighted by molar-refractivity contribution is 0.0258. The molecular weight excluding hydrogens is 318 g/mol. The molecule has 1 amide bonds. The van der Waals surface area contributed by atoms with Crippen molar-refractivity contribution in [2.45, 2.75) is 65.0 Å². The molecule has 1 aromatic heterocycles. The highest BCUT2D eigenvalue weighted by atomic mass is 16.6. The van der Waals surface area contributed by atoms with Crippen LogP contribution in [0.2, 0.25) is 0 Å². The normalized spacial score (nSPS) is 14.6. The van der Waals surface area contributed by atoms with E-state index < -0.39 is 5.60 Å². The second-order valence-corrected chi connectivity index (χ2v) is 7.42. The van der Waals surface area contributed by atoms with Gasteiger partial charge in [-0.3, -0.25) is 9.36 Å². The lowest BCUT2D eigenvalue weighted by Crippen LogP contribution is -2.38. The van der Waals surface area contributed by atoms with Crippen LogP contribution in [0.5, 0.6) is 0 Å². The molecule has 0 bridgehead atoms. The molecule has 6 heteroatoms. The molecule has 0 saturated carbocycles. The predicted octanol–water partition coefficient (Wildman–Crippen LogP) is 2.94. The average Bonchev–Trinajstić information content (AvgIpc) is 2.75. The van der Waals surface area contributed by atoms with Crippen molar-refractivity contribution >= 4 is 6.09 Å². The second-order valence-electron chi connectivity index (χ2n) is 7.42. The monoisotopic (exact) mass is 347 g/mol. The lowest BCUT2D eigenvalue weighted by atomic mass is 10.1. The first-order valence-corrected chi connectivity index (χ1v) is 8.98.